The van der Waals surface area contributed by atoms with Crippen LogP contribution in [0.1, 0.15) is 25.0 Å². The molecule has 3 aromatic heterocycles. The van der Waals surface area contributed by atoms with E-state index in [1.807, 2.05) is 0 Å². The number of aromatic nitrogens is 5. The molecule has 1 aliphatic heterocycles. The summed E-state index contributed by atoms with van der Waals surface area (Å²) in [7, 11) is 0. The first-order chi connectivity index (χ1) is 13.5. The molecule has 2 aliphatic rings. The van der Waals surface area contributed by atoms with Crippen LogP contribution < -0.4 is 10.2 Å². The van der Waals surface area contributed by atoms with Crippen LogP contribution in [0.15, 0.2) is 30.7 Å². The monoisotopic (exact) mass is 387 g/mol. The van der Waals surface area contributed by atoms with E-state index in [1.165, 1.54) is 23.0 Å². The number of hydrogen-bond acceptors (Lipinski definition) is 7. The van der Waals surface area contributed by atoms with Crippen molar-refractivity contribution in [3.05, 3.63) is 36.4 Å². The number of rotatable bonds is 4. The highest BCUT2D eigenvalue weighted by atomic mass is 19.3. The Labute approximate surface area is 159 Å². The highest BCUT2D eigenvalue weighted by Crippen LogP contribution is 2.39. The van der Waals surface area contributed by atoms with E-state index in [2.05, 4.69) is 30.3 Å². The van der Waals surface area contributed by atoms with Crippen LogP contribution in [-0.2, 0) is 0 Å². The zero-order valence-corrected chi connectivity index (χ0v) is 15.0. The minimum atomic E-state index is -2.66. The number of aliphatic hydroxyl groups is 1. The van der Waals surface area contributed by atoms with E-state index < -0.39 is 12.0 Å². The van der Waals surface area contributed by atoms with Crippen LogP contribution in [0.4, 0.5) is 14.6 Å². The van der Waals surface area contributed by atoms with Crippen LogP contribution in [0.3, 0.4) is 0 Å². The van der Waals surface area contributed by atoms with Gasteiger partial charge in [0.1, 0.15) is 23.5 Å². The molecule has 2 N–H and O–H groups in total. The minimum absolute atomic E-state index is 0.00530. The molecule has 3 aromatic rings. The maximum absolute atomic E-state index is 13.0. The second-order valence-corrected chi connectivity index (χ2v) is 7.29. The van der Waals surface area contributed by atoms with Crippen LogP contribution in [-0.4, -0.2) is 60.9 Å². The fourth-order valence-corrected chi connectivity index (χ4v) is 3.63. The molecule has 1 saturated heterocycles. The summed E-state index contributed by atoms with van der Waals surface area (Å²) in [6.07, 6.45) is 1.98. The van der Waals surface area contributed by atoms with E-state index >= 15 is 0 Å². The van der Waals surface area contributed by atoms with E-state index in [9.17, 15) is 13.9 Å². The fraction of sp³-hybridized carbons (Fsp3) is 0.444. The SMILES string of the molecule is OC1(C2CN(c3cc(-c4cnc5ccc(C(F)F)nn45)ncn3)CCN2)CC1. The van der Waals surface area contributed by atoms with E-state index in [0.29, 0.717) is 23.6 Å². The molecule has 8 nitrogen and oxygen atoms in total. The molecule has 0 radical (unpaired) electrons. The van der Waals surface area contributed by atoms with Crippen molar-refractivity contribution in [1.29, 1.82) is 0 Å². The zero-order chi connectivity index (χ0) is 19.3. The summed E-state index contributed by atoms with van der Waals surface area (Å²) in [5, 5.41) is 17.8. The molecular formula is C18H19F2N7O. The Hall–Kier alpha value is -2.72. The van der Waals surface area contributed by atoms with Crippen molar-refractivity contribution in [2.24, 2.45) is 0 Å². The van der Waals surface area contributed by atoms with Crippen molar-refractivity contribution in [2.75, 3.05) is 24.5 Å². The third kappa shape index (κ3) is 2.98. The van der Waals surface area contributed by atoms with Crippen molar-refractivity contribution in [3.8, 4) is 11.4 Å². The number of imidazole rings is 1. The fourth-order valence-electron chi connectivity index (χ4n) is 3.63. The van der Waals surface area contributed by atoms with Gasteiger partial charge in [0.05, 0.1) is 23.5 Å². The molecule has 1 atom stereocenters. The van der Waals surface area contributed by atoms with Crippen LogP contribution >= 0.6 is 0 Å². The Bertz CT molecular complexity index is 1020. The van der Waals surface area contributed by atoms with Crippen molar-refractivity contribution in [2.45, 2.75) is 30.9 Å². The maximum Gasteiger partial charge on any atom is 0.282 e. The van der Waals surface area contributed by atoms with Gasteiger partial charge in [0.25, 0.3) is 6.43 Å². The predicted molar refractivity (Wildman–Crippen MR) is 97.2 cm³/mol. The number of nitrogens with one attached hydrogen (secondary N) is 1. The molecule has 146 valence electrons. The molecule has 0 amide bonds. The number of fused-ring (bicyclic) bond motifs is 1. The number of piperazine rings is 1. The van der Waals surface area contributed by atoms with Gasteiger partial charge in [0.15, 0.2) is 5.65 Å². The summed E-state index contributed by atoms with van der Waals surface area (Å²) >= 11 is 0. The lowest BCUT2D eigenvalue weighted by atomic mass is 10.1. The van der Waals surface area contributed by atoms with Gasteiger partial charge >= 0.3 is 0 Å². The molecule has 10 heteroatoms. The summed E-state index contributed by atoms with van der Waals surface area (Å²) in [5.41, 5.74) is 0.609. The first kappa shape index (κ1) is 17.4. The van der Waals surface area contributed by atoms with Gasteiger partial charge in [0.2, 0.25) is 0 Å². The maximum atomic E-state index is 13.0. The van der Waals surface area contributed by atoms with Gasteiger partial charge < -0.3 is 15.3 Å². The summed E-state index contributed by atoms with van der Waals surface area (Å²) in [4.78, 5) is 15.0. The van der Waals surface area contributed by atoms with E-state index in [4.69, 9.17) is 0 Å². The lowest BCUT2D eigenvalue weighted by Crippen LogP contribution is -2.57. The third-order valence-corrected chi connectivity index (χ3v) is 5.43. The summed E-state index contributed by atoms with van der Waals surface area (Å²) in [5.74, 6) is 0.723. The van der Waals surface area contributed by atoms with Gasteiger partial charge in [-0.3, -0.25) is 0 Å². The Kier molecular flexibility index (Phi) is 3.98. The van der Waals surface area contributed by atoms with Crippen molar-refractivity contribution >= 4 is 11.5 Å². The van der Waals surface area contributed by atoms with Crippen LogP contribution in [0.25, 0.3) is 17.0 Å². The van der Waals surface area contributed by atoms with E-state index in [0.717, 1.165) is 31.7 Å². The minimum Gasteiger partial charge on any atom is -0.388 e. The molecule has 2 fully saturated rings. The number of hydrogen-bond donors (Lipinski definition) is 2. The molecule has 1 saturated carbocycles. The van der Waals surface area contributed by atoms with E-state index in [-0.39, 0.29) is 11.7 Å². The second kappa shape index (κ2) is 6.42. The molecule has 5 rings (SSSR count). The number of anilines is 1. The van der Waals surface area contributed by atoms with Gasteiger partial charge in [-0.1, -0.05) is 0 Å². The second-order valence-electron chi connectivity index (χ2n) is 7.29. The van der Waals surface area contributed by atoms with Gasteiger partial charge in [-0.15, -0.1) is 0 Å². The standard InChI is InChI=1S/C18H19F2N7O/c19-17(20)11-1-2-15-22-8-13(27(15)25-11)12-7-16(24-10-23-12)26-6-5-21-14(9-26)18(28)3-4-18/h1-2,7-8,10,14,17,21,28H,3-6,9H2. The zero-order valence-electron chi connectivity index (χ0n) is 15.0. The first-order valence-electron chi connectivity index (χ1n) is 9.19. The average Bonchev–Trinajstić information content (AvgIpc) is 3.34. The Morgan fingerprint density at radius 3 is 2.86 bits per heavy atom. The van der Waals surface area contributed by atoms with Gasteiger partial charge in [0, 0.05) is 25.7 Å². The van der Waals surface area contributed by atoms with Gasteiger partial charge in [-0.05, 0) is 25.0 Å². The molecule has 1 aliphatic carbocycles. The van der Waals surface area contributed by atoms with Crippen molar-refractivity contribution in [1.82, 2.24) is 29.9 Å². The largest absolute Gasteiger partial charge is 0.388 e. The highest BCUT2D eigenvalue weighted by Gasteiger charge is 2.49. The summed E-state index contributed by atoms with van der Waals surface area (Å²) in [6, 6.07) is 4.59. The Balaban J connectivity index is 1.47. The van der Waals surface area contributed by atoms with Crippen LogP contribution in [0.5, 0.6) is 0 Å². The normalized spacial score (nSPS) is 21.4. The molecule has 0 bridgehead atoms. The lowest BCUT2D eigenvalue weighted by molar-refractivity contribution is 0.0995. The molecule has 28 heavy (non-hydrogen) atoms. The van der Waals surface area contributed by atoms with E-state index in [1.54, 1.807) is 12.3 Å². The molecule has 0 aromatic carbocycles. The summed E-state index contributed by atoms with van der Waals surface area (Å²) < 4.78 is 27.4. The number of alkyl halides is 2. The van der Waals surface area contributed by atoms with Crippen molar-refractivity contribution < 1.29 is 13.9 Å². The topological polar surface area (TPSA) is 91.5 Å². The smallest absolute Gasteiger partial charge is 0.282 e. The molecule has 4 heterocycles. The predicted octanol–water partition coefficient (Wildman–Crippen LogP) is 1.43. The third-order valence-electron chi connectivity index (χ3n) is 5.43. The first-order valence-corrected chi connectivity index (χ1v) is 9.19. The molecule has 0 spiro atoms. The average molecular weight is 387 g/mol. The molecular weight excluding hydrogens is 368 g/mol. The van der Waals surface area contributed by atoms with Gasteiger partial charge in [-0.25, -0.2) is 28.2 Å². The summed E-state index contributed by atoms with van der Waals surface area (Å²) in [6.45, 7) is 2.15. The Morgan fingerprint density at radius 1 is 1.21 bits per heavy atom. The number of nitrogens with zero attached hydrogens (tertiary/aromatic N) is 6. The van der Waals surface area contributed by atoms with Crippen molar-refractivity contribution in [3.63, 3.8) is 0 Å². The number of halogens is 2. The Morgan fingerprint density at radius 2 is 2.07 bits per heavy atom. The van der Waals surface area contributed by atoms with Crippen LogP contribution in [0, 0.1) is 0 Å². The van der Waals surface area contributed by atoms with Gasteiger partial charge in [-0.2, -0.15) is 5.10 Å². The lowest BCUT2D eigenvalue weighted by Gasteiger charge is -2.37. The van der Waals surface area contributed by atoms with Crippen LogP contribution in [0.2, 0.25) is 0 Å². The quantitative estimate of drug-likeness (QED) is 0.700. The molecule has 1 unspecified atom stereocenters. The highest BCUT2D eigenvalue weighted by molar-refractivity contribution is 5.62.